The molecular weight excluding hydrogens is 419 g/mol. The van der Waals surface area contributed by atoms with Gasteiger partial charge in [0.25, 0.3) is 11.8 Å². The Labute approximate surface area is 192 Å². The van der Waals surface area contributed by atoms with Gasteiger partial charge in [0, 0.05) is 25.2 Å². The molecule has 1 aliphatic carbocycles. The Kier molecular flexibility index (Phi) is 5.48. The minimum Gasteiger partial charge on any atom is -0.349 e. The van der Waals surface area contributed by atoms with Gasteiger partial charge in [0.05, 0.1) is 11.7 Å². The first kappa shape index (κ1) is 21.4. The number of piperidine rings is 1. The summed E-state index contributed by atoms with van der Waals surface area (Å²) in [4.78, 5) is 28.4. The van der Waals surface area contributed by atoms with Gasteiger partial charge in [0.2, 0.25) is 0 Å². The number of halogens is 1. The Bertz CT molecular complexity index is 1200. The second kappa shape index (κ2) is 8.46. The molecule has 2 fully saturated rings. The van der Waals surface area contributed by atoms with E-state index >= 15 is 0 Å². The van der Waals surface area contributed by atoms with E-state index in [4.69, 9.17) is 0 Å². The van der Waals surface area contributed by atoms with E-state index in [1.54, 1.807) is 22.9 Å². The van der Waals surface area contributed by atoms with Gasteiger partial charge in [-0.15, -0.1) is 0 Å². The lowest BCUT2D eigenvalue weighted by Gasteiger charge is -2.28. The summed E-state index contributed by atoms with van der Waals surface area (Å²) in [5.41, 5.74) is 3.53. The molecular formula is C26H27FN4O2. The van der Waals surface area contributed by atoms with E-state index in [9.17, 15) is 14.0 Å². The van der Waals surface area contributed by atoms with Crippen molar-refractivity contribution in [3.05, 3.63) is 77.4 Å². The molecule has 0 radical (unpaired) electrons. The number of aromatic nitrogens is 2. The van der Waals surface area contributed by atoms with E-state index in [1.165, 1.54) is 12.1 Å². The lowest BCUT2D eigenvalue weighted by atomic mass is 9.98. The summed E-state index contributed by atoms with van der Waals surface area (Å²) in [7, 11) is 0. The number of hydrogen-bond donors (Lipinski definition) is 1. The standard InChI is InChI=1S/C26H27FN4O2/c1-3-31-23(12-16(2)29-31)25(32)28-14-24-22-13-18(22)15-30(24)26(33)21-7-5-4-6-20(21)17-8-10-19(27)11-9-17/h4-12,18,22,24H,3,13-15H2,1-2H3,(H,28,32)/t18-,22-,24+/m0/s1. The van der Waals surface area contributed by atoms with Crippen LogP contribution in [0.5, 0.6) is 0 Å². The van der Waals surface area contributed by atoms with E-state index in [2.05, 4.69) is 10.4 Å². The zero-order chi connectivity index (χ0) is 23.1. The first-order valence-electron chi connectivity index (χ1n) is 11.4. The number of rotatable bonds is 6. The Morgan fingerprint density at radius 3 is 2.67 bits per heavy atom. The topological polar surface area (TPSA) is 67.2 Å². The third-order valence-corrected chi connectivity index (χ3v) is 6.78. The third kappa shape index (κ3) is 4.03. The second-order valence-corrected chi connectivity index (χ2v) is 8.93. The quantitative estimate of drug-likeness (QED) is 0.624. The molecule has 1 aliphatic heterocycles. The molecule has 6 nitrogen and oxygen atoms in total. The SMILES string of the molecule is CCn1nc(C)cc1C(=O)NC[C@@H]1[C@H]2C[C@H]2CN1C(=O)c1ccccc1-c1ccc(F)cc1. The van der Waals surface area contributed by atoms with Crippen LogP contribution in [0.1, 0.15) is 39.9 Å². The van der Waals surface area contributed by atoms with Crippen LogP contribution in [0.3, 0.4) is 0 Å². The molecule has 2 amide bonds. The van der Waals surface area contributed by atoms with Crippen LogP contribution in [0.2, 0.25) is 0 Å². The lowest BCUT2D eigenvalue weighted by molar-refractivity contribution is 0.0695. The number of fused-ring (bicyclic) bond motifs is 1. The van der Waals surface area contributed by atoms with Crippen LogP contribution in [0.25, 0.3) is 11.1 Å². The Balaban J connectivity index is 1.35. The van der Waals surface area contributed by atoms with E-state index in [-0.39, 0.29) is 23.7 Å². The van der Waals surface area contributed by atoms with Crippen molar-refractivity contribution in [3.8, 4) is 11.1 Å². The number of benzene rings is 2. The number of carbonyl (C=O) groups is 2. The van der Waals surface area contributed by atoms with Crippen molar-refractivity contribution in [2.75, 3.05) is 13.1 Å². The molecule has 3 aromatic rings. The minimum atomic E-state index is -0.308. The predicted octanol–water partition coefficient (Wildman–Crippen LogP) is 3.91. The molecule has 0 spiro atoms. The molecule has 1 saturated heterocycles. The molecule has 2 heterocycles. The molecule has 2 aliphatic rings. The normalized spacial score (nSPS) is 21.1. The molecule has 0 unspecified atom stereocenters. The fourth-order valence-corrected chi connectivity index (χ4v) is 5.03. The van der Waals surface area contributed by atoms with Gasteiger partial charge in [0.1, 0.15) is 11.5 Å². The second-order valence-electron chi connectivity index (χ2n) is 8.93. The van der Waals surface area contributed by atoms with Crippen LogP contribution < -0.4 is 5.32 Å². The third-order valence-electron chi connectivity index (χ3n) is 6.78. The van der Waals surface area contributed by atoms with Gasteiger partial charge in [-0.3, -0.25) is 14.3 Å². The molecule has 0 bridgehead atoms. The zero-order valence-corrected chi connectivity index (χ0v) is 18.8. The molecule has 5 rings (SSSR count). The van der Waals surface area contributed by atoms with Crippen LogP contribution in [-0.4, -0.2) is 45.6 Å². The monoisotopic (exact) mass is 446 g/mol. The number of amides is 2. The van der Waals surface area contributed by atoms with Gasteiger partial charge >= 0.3 is 0 Å². The highest BCUT2D eigenvalue weighted by Gasteiger charge is 2.54. The summed E-state index contributed by atoms with van der Waals surface area (Å²) in [6.45, 7) is 5.56. The van der Waals surface area contributed by atoms with Gasteiger partial charge in [-0.25, -0.2) is 4.39 Å². The number of likely N-dealkylation sites (tertiary alicyclic amines) is 1. The summed E-state index contributed by atoms with van der Waals surface area (Å²) in [5.74, 6) is 0.399. The lowest BCUT2D eigenvalue weighted by Crippen LogP contribution is -2.46. The van der Waals surface area contributed by atoms with Gasteiger partial charge < -0.3 is 10.2 Å². The molecule has 2 aromatic carbocycles. The smallest absolute Gasteiger partial charge is 0.269 e. The van der Waals surface area contributed by atoms with Crippen LogP contribution in [-0.2, 0) is 6.54 Å². The van der Waals surface area contributed by atoms with Crippen molar-refractivity contribution in [2.24, 2.45) is 11.8 Å². The summed E-state index contributed by atoms with van der Waals surface area (Å²) < 4.78 is 15.1. The van der Waals surface area contributed by atoms with Crippen LogP contribution in [0, 0.1) is 24.6 Å². The van der Waals surface area contributed by atoms with Crippen molar-refractivity contribution in [1.29, 1.82) is 0 Å². The van der Waals surface area contributed by atoms with E-state index in [1.807, 2.05) is 43.0 Å². The molecule has 170 valence electrons. The van der Waals surface area contributed by atoms with E-state index in [0.29, 0.717) is 42.7 Å². The fraction of sp³-hybridized carbons (Fsp3) is 0.346. The van der Waals surface area contributed by atoms with Gasteiger partial charge in [0.15, 0.2) is 0 Å². The van der Waals surface area contributed by atoms with Gasteiger partial charge in [-0.2, -0.15) is 5.10 Å². The van der Waals surface area contributed by atoms with Gasteiger partial charge in [-0.1, -0.05) is 30.3 Å². The number of nitrogens with zero attached hydrogens (tertiary/aromatic N) is 3. The molecule has 3 atom stereocenters. The van der Waals surface area contributed by atoms with Crippen molar-refractivity contribution >= 4 is 11.8 Å². The Hall–Kier alpha value is -3.48. The molecule has 33 heavy (non-hydrogen) atoms. The Morgan fingerprint density at radius 1 is 1.15 bits per heavy atom. The highest BCUT2D eigenvalue weighted by atomic mass is 19.1. The number of aryl methyl sites for hydroxylation is 2. The highest BCUT2D eigenvalue weighted by molar-refractivity contribution is 6.01. The van der Waals surface area contributed by atoms with E-state index < -0.39 is 0 Å². The van der Waals surface area contributed by atoms with Crippen molar-refractivity contribution in [1.82, 2.24) is 20.0 Å². The molecule has 1 saturated carbocycles. The van der Waals surface area contributed by atoms with Crippen molar-refractivity contribution in [3.63, 3.8) is 0 Å². The van der Waals surface area contributed by atoms with Gasteiger partial charge in [-0.05, 0) is 67.5 Å². The number of nitrogens with one attached hydrogen (secondary N) is 1. The van der Waals surface area contributed by atoms with Crippen LogP contribution in [0.4, 0.5) is 4.39 Å². The molecule has 1 aromatic heterocycles. The maximum atomic E-state index is 13.6. The zero-order valence-electron chi connectivity index (χ0n) is 18.8. The Morgan fingerprint density at radius 2 is 1.91 bits per heavy atom. The number of hydrogen-bond acceptors (Lipinski definition) is 3. The maximum Gasteiger partial charge on any atom is 0.269 e. The van der Waals surface area contributed by atoms with Crippen molar-refractivity contribution < 1.29 is 14.0 Å². The molecule has 1 N–H and O–H groups in total. The van der Waals surface area contributed by atoms with Crippen LogP contribution >= 0.6 is 0 Å². The summed E-state index contributed by atoms with van der Waals surface area (Å²) >= 11 is 0. The average Bonchev–Trinajstić information content (AvgIpc) is 3.34. The maximum absolute atomic E-state index is 13.6. The summed E-state index contributed by atoms with van der Waals surface area (Å²) in [5, 5.41) is 7.39. The summed E-state index contributed by atoms with van der Waals surface area (Å²) in [6.07, 6.45) is 1.09. The first-order chi connectivity index (χ1) is 16.0. The minimum absolute atomic E-state index is 0.0354. The number of carbonyl (C=O) groups excluding carboxylic acids is 2. The fourth-order valence-electron chi connectivity index (χ4n) is 5.03. The predicted molar refractivity (Wildman–Crippen MR) is 123 cm³/mol. The van der Waals surface area contributed by atoms with E-state index in [0.717, 1.165) is 23.2 Å². The van der Waals surface area contributed by atoms with Crippen LogP contribution in [0.15, 0.2) is 54.6 Å². The largest absolute Gasteiger partial charge is 0.349 e. The highest BCUT2D eigenvalue weighted by Crippen LogP contribution is 2.50. The van der Waals surface area contributed by atoms with Crippen molar-refractivity contribution in [2.45, 2.75) is 32.9 Å². The molecule has 7 heteroatoms. The average molecular weight is 447 g/mol. The summed E-state index contributed by atoms with van der Waals surface area (Å²) in [6, 6.07) is 15.4. The first-order valence-corrected chi connectivity index (χ1v) is 11.4.